The summed E-state index contributed by atoms with van der Waals surface area (Å²) in [5, 5.41) is 19.2. The molecule has 1 heterocycles. The van der Waals surface area contributed by atoms with Gasteiger partial charge in [0.1, 0.15) is 0 Å². The van der Waals surface area contributed by atoms with Crippen molar-refractivity contribution >= 4 is 6.03 Å². The maximum Gasteiger partial charge on any atom is 0.314 e. The zero-order valence-electron chi connectivity index (χ0n) is 14.4. The van der Waals surface area contributed by atoms with Gasteiger partial charge in [0.25, 0.3) is 0 Å². The van der Waals surface area contributed by atoms with Gasteiger partial charge in [-0.05, 0) is 37.7 Å². The maximum absolute atomic E-state index is 11.8. The first-order valence-corrected chi connectivity index (χ1v) is 7.87. The number of amides is 2. The van der Waals surface area contributed by atoms with Crippen LogP contribution in [0.5, 0.6) is 0 Å². The molecule has 6 nitrogen and oxygen atoms in total. The highest BCUT2D eigenvalue weighted by Crippen LogP contribution is 2.17. The molecule has 1 aromatic rings. The quantitative estimate of drug-likeness (QED) is 0.685. The highest BCUT2D eigenvalue weighted by molar-refractivity contribution is 5.73. The van der Waals surface area contributed by atoms with E-state index in [1.807, 2.05) is 32.4 Å². The summed E-state index contributed by atoms with van der Waals surface area (Å²) in [7, 11) is 0. The fourth-order valence-electron chi connectivity index (χ4n) is 2.26. The Morgan fingerprint density at radius 1 is 1.41 bits per heavy atom. The van der Waals surface area contributed by atoms with E-state index in [-0.39, 0.29) is 18.1 Å². The second kappa shape index (κ2) is 8.17. The highest BCUT2D eigenvalue weighted by atomic mass is 16.3. The first kappa shape index (κ1) is 18.5. The number of rotatable bonds is 8. The molecule has 0 aliphatic carbocycles. The molecule has 0 aromatic carbocycles. The lowest BCUT2D eigenvalue weighted by atomic mass is 9.90. The Bertz CT molecular complexity index is 482. The maximum atomic E-state index is 11.8. The van der Waals surface area contributed by atoms with E-state index in [1.165, 1.54) is 0 Å². The Hall–Kier alpha value is -1.56. The summed E-state index contributed by atoms with van der Waals surface area (Å²) >= 11 is 0. The molecular weight excluding hydrogens is 280 g/mol. The average Bonchev–Trinajstić information content (AvgIpc) is 2.72. The molecule has 126 valence electrons. The molecular formula is C16H30N4O2. The fraction of sp³-hybridized carbons (Fsp3) is 0.750. The van der Waals surface area contributed by atoms with Crippen molar-refractivity contribution in [2.75, 3.05) is 19.7 Å². The van der Waals surface area contributed by atoms with Crippen LogP contribution < -0.4 is 10.6 Å². The summed E-state index contributed by atoms with van der Waals surface area (Å²) in [6, 6.07) is 1.89. The molecule has 0 radical (unpaired) electrons. The molecule has 1 aromatic heterocycles. The normalized spacial score (nSPS) is 13.0. The number of hydrogen-bond donors (Lipinski definition) is 3. The first-order chi connectivity index (χ1) is 10.2. The van der Waals surface area contributed by atoms with Gasteiger partial charge < -0.3 is 15.7 Å². The fourth-order valence-corrected chi connectivity index (χ4v) is 2.26. The number of nitrogens with zero attached hydrogens (tertiary/aromatic N) is 2. The second-order valence-corrected chi connectivity index (χ2v) is 6.92. The minimum Gasteiger partial charge on any atom is -0.396 e. The minimum atomic E-state index is -0.161. The first-order valence-electron chi connectivity index (χ1n) is 7.87. The number of nitrogens with one attached hydrogen (secondary N) is 2. The molecule has 0 saturated heterocycles. The van der Waals surface area contributed by atoms with Gasteiger partial charge in [-0.25, -0.2) is 4.79 Å². The lowest BCUT2D eigenvalue weighted by Crippen LogP contribution is -2.42. The number of carbonyl (C=O) groups is 1. The predicted octanol–water partition coefficient (Wildman–Crippen LogP) is 1.84. The smallest absolute Gasteiger partial charge is 0.314 e. The summed E-state index contributed by atoms with van der Waals surface area (Å²) in [5.74, 6) is 0.300. The molecule has 0 aliphatic heterocycles. The van der Waals surface area contributed by atoms with Crippen LogP contribution in [-0.4, -0.2) is 40.6 Å². The predicted molar refractivity (Wildman–Crippen MR) is 87.8 cm³/mol. The van der Waals surface area contributed by atoms with Crippen LogP contribution in [0.1, 0.15) is 38.6 Å². The van der Waals surface area contributed by atoms with E-state index < -0.39 is 0 Å². The molecule has 0 bridgehead atoms. The third-order valence-electron chi connectivity index (χ3n) is 3.72. The topological polar surface area (TPSA) is 79.2 Å². The second-order valence-electron chi connectivity index (χ2n) is 6.92. The Labute approximate surface area is 133 Å². The number of aliphatic hydroxyl groups excluding tert-OH is 1. The zero-order valence-corrected chi connectivity index (χ0v) is 14.4. The van der Waals surface area contributed by atoms with Gasteiger partial charge in [-0.3, -0.25) is 4.68 Å². The minimum absolute atomic E-state index is 0.0958. The van der Waals surface area contributed by atoms with E-state index in [4.69, 9.17) is 5.11 Å². The summed E-state index contributed by atoms with van der Waals surface area (Å²) < 4.78 is 1.98. The van der Waals surface area contributed by atoms with E-state index >= 15 is 0 Å². The monoisotopic (exact) mass is 310 g/mol. The van der Waals surface area contributed by atoms with Crippen LogP contribution in [0.4, 0.5) is 4.79 Å². The van der Waals surface area contributed by atoms with Gasteiger partial charge >= 0.3 is 6.03 Å². The third-order valence-corrected chi connectivity index (χ3v) is 3.72. The number of hydrogen-bond acceptors (Lipinski definition) is 3. The summed E-state index contributed by atoms with van der Waals surface area (Å²) in [6.07, 6.45) is 0.668. The molecule has 6 heteroatoms. The third kappa shape index (κ3) is 6.47. The highest BCUT2D eigenvalue weighted by Gasteiger charge is 2.18. The summed E-state index contributed by atoms with van der Waals surface area (Å²) in [4.78, 5) is 11.8. The van der Waals surface area contributed by atoms with Crippen LogP contribution in [0.3, 0.4) is 0 Å². The van der Waals surface area contributed by atoms with Crippen LogP contribution in [0.25, 0.3) is 0 Å². The van der Waals surface area contributed by atoms with E-state index in [0.717, 1.165) is 17.9 Å². The van der Waals surface area contributed by atoms with Crippen molar-refractivity contribution in [2.24, 2.45) is 11.3 Å². The Balaban J connectivity index is 2.30. The van der Waals surface area contributed by atoms with Crippen molar-refractivity contribution in [3.63, 3.8) is 0 Å². The number of aliphatic hydroxyl groups is 1. The molecule has 2 amide bonds. The largest absolute Gasteiger partial charge is 0.396 e. The van der Waals surface area contributed by atoms with Crippen LogP contribution >= 0.6 is 0 Å². The number of aryl methyl sites for hydroxylation is 2. The van der Waals surface area contributed by atoms with Crippen molar-refractivity contribution in [1.82, 2.24) is 20.4 Å². The molecule has 1 rings (SSSR count). The van der Waals surface area contributed by atoms with E-state index in [1.54, 1.807) is 0 Å². The van der Waals surface area contributed by atoms with Gasteiger partial charge in [-0.2, -0.15) is 5.10 Å². The van der Waals surface area contributed by atoms with E-state index in [2.05, 4.69) is 28.7 Å². The van der Waals surface area contributed by atoms with Crippen LogP contribution in [-0.2, 0) is 6.54 Å². The molecule has 3 N–H and O–H groups in total. The van der Waals surface area contributed by atoms with Crippen molar-refractivity contribution in [2.45, 2.75) is 47.6 Å². The van der Waals surface area contributed by atoms with Crippen molar-refractivity contribution in [3.8, 4) is 0 Å². The van der Waals surface area contributed by atoms with Gasteiger partial charge in [0.15, 0.2) is 0 Å². The molecule has 0 saturated carbocycles. The van der Waals surface area contributed by atoms with E-state index in [0.29, 0.717) is 25.4 Å². The summed E-state index contributed by atoms with van der Waals surface area (Å²) in [5.41, 5.74) is 2.06. The van der Waals surface area contributed by atoms with E-state index in [9.17, 15) is 4.79 Å². The molecule has 0 spiro atoms. The van der Waals surface area contributed by atoms with Crippen LogP contribution in [0, 0.1) is 25.2 Å². The molecule has 0 fully saturated rings. The molecule has 1 unspecified atom stereocenters. The van der Waals surface area contributed by atoms with Crippen molar-refractivity contribution in [3.05, 3.63) is 17.5 Å². The Morgan fingerprint density at radius 2 is 2.09 bits per heavy atom. The van der Waals surface area contributed by atoms with Gasteiger partial charge in [-0.1, -0.05) is 20.8 Å². The van der Waals surface area contributed by atoms with Crippen molar-refractivity contribution in [1.29, 1.82) is 0 Å². The SMILES string of the molecule is Cc1cc(C)n(CC(C)CNC(=O)NCC(C)(C)CCO)n1. The van der Waals surface area contributed by atoms with Gasteiger partial charge in [0.2, 0.25) is 0 Å². The van der Waals surface area contributed by atoms with Gasteiger partial charge in [0, 0.05) is 31.9 Å². The number of urea groups is 1. The van der Waals surface area contributed by atoms with Crippen LogP contribution in [0.15, 0.2) is 6.07 Å². The zero-order chi connectivity index (χ0) is 16.8. The molecule has 1 atom stereocenters. The van der Waals surface area contributed by atoms with Gasteiger partial charge in [-0.15, -0.1) is 0 Å². The van der Waals surface area contributed by atoms with Crippen molar-refractivity contribution < 1.29 is 9.90 Å². The van der Waals surface area contributed by atoms with Crippen LogP contribution in [0.2, 0.25) is 0 Å². The lowest BCUT2D eigenvalue weighted by Gasteiger charge is -2.24. The average molecular weight is 310 g/mol. The lowest BCUT2D eigenvalue weighted by molar-refractivity contribution is 0.200. The summed E-state index contributed by atoms with van der Waals surface area (Å²) in [6.45, 7) is 12.2. The number of carbonyl (C=O) groups excluding carboxylic acids is 1. The van der Waals surface area contributed by atoms with Gasteiger partial charge in [0.05, 0.1) is 5.69 Å². The standard InChI is InChI=1S/C16H30N4O2/c1-12(10-20-14(3)8-13(2)19-20)9-17-15(22)18-11-16(4,5)6-7-21/h8,12,21H,6-7,9-11H2,1-5H3,(H2,17,18,22). The Morgan fingerprint density at radius 3 is 2.64 bits per heavy atom. The molecule has 0 aliphatic rings. The number of aromatic nitrogens is 2. The Kier molecular flexibility index (Phi) is 6.87. The molecule has 22 heavy (non-hydrogen) atoms.